The van der Waals surface area contributed by atoms with Crippen LogP contribution in [0.4, 0.5) is 0 Å². The van der Waals surface area contributed by atoms with Gasteiger partial charge in [-0.15, -0.1) is 0 Å². The highest BCUT2D eigenvalue weighted by Gasteiger charge is 2.32. The number of rotatable bonds is 1. The summed E-state index contributed by atoms with van der Waals surface area (Å²) in [7, 11) is 0. The van der Waals surface area contributed by atoms with Gasteiger partial charge < -0.3 is 9.15 Å². The molecule has 1 aromatic heterocycles. The van der Waals surface area contributed by atoms with Crippen molar-refractivity contribution >= 4 is 11.0 Å². The first kappa shape index (κ1) is 16.2. The summed E-state index contributed by atoms with van der Waals surface area (Å²) < 4.78 is 12.5. The van der Waals surface area contributed by atoms with Crippen molar-refractivity contribution in [3.8, 4) is 11.5 Å². The van der Waals surface area contributed by atoms with Crippen LogP contribution in [0.1, 0.15) is 49.1 Å². The van der Waals surface area contributed by atoms with Gasteiger partial charge >= 0.3 is 0 Å². The molecular formula is C25H22O2. The molecule has 3 aromatic carbocycles. The number of hydrogen-bond donors (Lipinski definition) is 0. The second-order valence-electron chi connectivity index (χ2n) is 8.26. The molecule has 0 spiro atoms. The van der Waals surface area contributed by atoms with Crippen LogP contribution < -0.4 is 4.74 Å². The molecule has 4 aromatic rings. The lowest BCUT2D eigenvalue weighted by Crippen LogP contribution is -2.15. The summed E-state index contributed by atoms with van der Waals surface area (Å²) >= 11 is 0. The molecule has 5 rings (SSSR count). The molecule has 0 saturated carbocycles. The standard InChI is InChI=1S/C25H22O2/c1-25(2,3)17-12-13-22-19(15-17)24(18-9-5-7-11-21(18)27-22)23-14-16-8-4-6-10-20(16)26-23/h4-15,24H,1-3H3. The highest BCUT2D eigenvalue weighted by molar-refractivity contribution is 5.78. The summed E-state index contributed by atoms with van der Waals surface area (Å²) in [6.07, 6.45) is 0. The Hall–Kier alpha value is -3.00. The van der Waals surface area contributed by atoms with Crippen LogP contribution in [0.3, 0.4) is 0 Å². The van der Waals surface area contributed by atoms with Crippen LogP contribution in [-0.2, 0) is 5.41 Å². The van der Waals surface area contributed by atoms with Crippen LogP contribution in [0.25, 0.3) is 11.0 Å². The van der Waals surface area contributed by atoms with E-state index >= 15 is 0 Å². The zero-order chi connectivity index (χ0) is 18.6. The highest BCUT2D eigenvalue weighted by Crippen LogP contribution is 2.49. The van der Waals surface area contributed by atoms with E-state index in [9.17, 15) is 0 Å². The highest BCUT2D eigenvalue weighted by atomic mass is 16.5. The van der Waals surface area contributed by atoms with E-state index in [1.54, 1.807) is 0 Å². The average Bonchev–Trinajstić information content (AvgIpc) is 3.08. The van der Waals surface area contributed by atoms with Crippen molar-refractivity contribution < 1.29 is 9.15 Å². The lowest BCUT2D eigenvalue weighted by molar-refractivity contribution is 0.437. The van der Waals surface area contributed by atoms with Crippen molar-refractivity contribution in [3.63, 3.8) is 0 Å². The van der Waals surface area contributed by atoms with Gasteiger partial charge in [0.05, 0.1) is 5.92 Å². The minimum atomic E-state index is 0.0275. The first-order valence-electron chi connectivity index (χ1n) is 9.40. The fraction of sp³-hybridized carbons (Fsp3) is 0.200. The van der Waals surface area contributed by atoms with Crippen LogP contribution >= 0.6 is 0 Å². The van der Waals surface area contributed by atoms with E-state index in [0.717, 1.165) is 33.8 Å². The number of ether oxygens (including phenoxy) is 1. The van der Waals surface area contributed by atoms with E-state index in [1.807, 2.05) is 30.3 Å². The Balaban J connectivity index is 1.76. The Morgan fingerprint density at radius 3 is 2.30 bits per heavy atom. The molecule has 0 aliphatic carbocycles. The maximum atomic E-state index is 6.29. The molecule has 0 saturated heterocycles. The fourth-order valence-corrected chi connectivity index (χ4v) is 3.88. The van der Waals surface area contributed by atoms with Crippen molar-refractivity contribution in [2.45, 2.75) is 32.1 Å². The minimum Gasteiger partial charge on any atom is -0.460 e. The van der Waals surface area contributed by atoms with Crippen LogP contribution in [0, 0.1) is 0 Å². The summed E-state index contributed by atoms with van der Waals surface area (Å²) in [5.74, 6) is 2.80. The van der Waals surface area contributed by atoms with Crippen molar-refractivity contribution in [1.29, 1.82) is 0 Å². The smallest absolute Gasteiger partial charge is 0.134 e. The van der Waals surface area contributed by atoms with Gasteiger partial charge in [-0.25, -0.2) is 0 Å². The van der Waals surface area contributed by atoms with E-state index in [-0.39, 0.29) is 11.3 Å². The second-order valence-corrected chi connectivity index (χ2v) is 8.26. The van der Waals surface area contributed by atoms with Gasteiger partial charge in [0.15, 0.2) is 0 Å². The second kappa shape index (κ2) is 5.75. The van der Waals surface area contributed by atoms with Gasteiger partial charge in [-0.05, 0) is 35.2 Å². The summed E-state index contributed by atoms with van der Waals surface area (Å²) in [6, 6.07) is 25.1. The van der Waals surface area contributed by atoms with Gasteiger partial charge in [0.2, 0.25) is 0 Å². The van der Waals surface area contributed by atoms with E-state index in [2.05, 4.69) is 63.2 Å². The molecule has 1 aliphatic heterocycles. The first-order chi connectivity index (χ1) is 13.0. The van der Waals surface area contributed by atoms with E-state index in [1.165, 1.54) is 11.1 Å². The lowest BCUT2D eigenvalue weighted by atomic mass is 9.80. The Labute approximate surface area is 159 Å². The van der Waals surface area contributed by atoms with Crippen LogP contribution in [0.15, 0.2) is 77.2 Å². The Morgan fingerprint density at radius 2 is 1.48 bits per heavy atom. The molecule has 0 fully saturated rings. The van der Waals surface area contributed by atoms with Gasteiger partial charge in [0.25, 0.3) is 0 Å². The van der Waals surface area contributed by atoms with E-state index in [4.69, 9.17) is 9.15 Å². The predicted molar refractivity (Wildman–Crippen MR) is 109 cm³/mol. The molecule has 27 heavy (non-hydrogen) atoms. The Morgan fingerprint density at radius 1 is 0.741 bits per heavy atom. The van der Waals surface area contributed by atoms with Crippen molar-refractivity contribution in [2.75, 3.05) is 0 Å². The molecule has 2 nitrogen and oxygen atoms in total. The lowest BCUT2D eigenvalue weighted by Gasteiger charge is -2.29. The van der Waals surface area contributed by atoms with Crippen molar-refractivity contribution in [3.05, 3.63) is 95.2 Å². The number of para-hydroxylation sites is 2. The van der Waals surface area contributed by atoms with Crippen molar-refractivity contribution in [1.82, 2.24) is 0 Å². The maximum absolute atomic E-state index is 6.29. The van der Waals surface area contributed by atoms with E-state index < -0.39 is 0 Å². The molecule has 0 amide bonds. The molecule has 0 bridgehead atoms. The zero-order valence-corrected chi connectivity index (χ0v) is 15.8. The maximum Gasteiger partial charge on any atom is 0.134 e. The van der Waals surface area contributed by atoms with Gasteiger partial charge in [-0.3, -0.25) is 0 Å². The molecule has 1 unspecified atom stereocenters. The summed E-state index contributed by atoms with van der Waals surface area (Å²) in [6.45, 7) is 6.72. The fourth-order valence-electron chi connectivity index (χ4n) is 3.88. The third kappa shape index (κ3) is 2.64. The summed E-state index contributed by atoms with van der Waals surface area (Å²) in [4.78, 5) is 0. The summed E-state index contributed by atoms with van der Waals surface area (Å²) in [5.41, 5.74) is 4.61. The largest absolute Gasteiger partial charge is 0.460 e. The normalized spacial score (nSPS) is 15.9. The molecule has 134 valence electrons. The van der Waals surface area contributed by atoms with Gasteiger partial charge in [-0.1, -0.05) is 69.3 Å². The van der Waals surface area contributed by atoms with Gasteiger partial charge in [-0.2, -0.15) is 0 Å². The third-order valence-electron chi connectivity index (χ3n) is 5.37. The number of hydrogen-bond acceptors (Lipinski definition) is 2. The van der Waals surface area contributed by atoms with Crippen molar-refractivity contribution in [2.24, 2.45) is 0 Å². The van der Waals surface area contributed by atoms with Crippen LogP contribution in [0.2, 0.25) is 0 Å². The zero-order valence-electron chi connectivity index (χ0n) is 15.8. The Bertz CT molecular complexity index is 1110. The monoisotopic (exact) mass is 354 g/mol. The molecule has 0 N–H and O–H groups in total. The Kier molecular flexibility index (Phi) is 3.45. The number of furan rings is 1. The van der Waals surface area contributed by atoms with Gasteiger partial charge in [0.1, 0.15) is 22.8 Å². The van der Waals surface area contributed by atoms with Crippen LogP contribution in [0.5, 0.6) is 11.5 Å². The quantitative estimate of drug-likeness (QED) is 0.323. The SMILES string of the molecule is CC(C)(C)c1ccc2c(c1)C(c1cc3ccccc3o1)c1ccccc1O2. The minimum absolute atomic E-state index is 0.0275. The molecule has 0 radical (unpaired) electrons. The van der Waals surface area contributed by atoms with Gasteiger partial charge in [0, 0.05) is 16.5 Å². The molecule has 2 heterocycles. The molecule has 1 aliphatic rings. The molecule has 2 heteroatoms. The van der Waals surface area contributed by atoms with E-state index in [0.29, 0.717) is 0 Å². The third-order valence-corrected chi connectivity index (χ3v) is 5.37. The molecule has 1 atom stereocenters. The first-order valence-corrected chi connectivity index (χ1v) is 9.40. The van der Waals surface area contributed by atoms with Crippen LogP contribution in [-0.4, -0.2) is 0 Å². The number of benzene rings is 3. The average molecular weight is 354 g/mol. The predicted octanol–water partition coefficient (Wildman–Crippen LogP) is 7.02. The topological polar surface area (TPSA) is 22.4 Å². The molecular weight excluding hydrogens is 332 g/mol. The summed E-state index contributed by atoms with van der Waals surface area (Å²) in [5, 5.41) is 1.13. The number of fused-ring (bicyclic) bond motifs is 3.